The summed E-state index contributed by atoms with van der Waals surface area (Å²) in [6.07, 6.45) is 0. The molecule has 7 nitrogen and oxygen atoms in total. The number of benzene rings is 1. The molecule has 0 aromatic heterocycles. The molecule has 1 aromatic rings. The second kappa shape index (κ2) is 18.0. The van der Waals surface area contributed by atoms with Gasteiger partial charge in [0.25, 0.3) is 0 Å². The molecule has 0 saturated heterocycles. The van der Waals surface area contributed by atoms with Crippen LogP contribution in [0, 0.1) is 0 Å². The van der Waals surface area contributed by atoms with Crippen molar-refractivity contribution in [2.45, 2.75) is 6.92 Å². The molecule has 1 aromatic carbocycles. The van der Waals surface area contributed by atoms with Crippen LogP contribution in [0.1, 0.15) is 17.3 Å². The molecule has 0 aliphatic heterocycles. The molecule has 0 fully saturated rings. The van der Waals surface area contributed by atoms with Crippen LogP contribution >= 0.6 is 0 Å². The lowest BCUT2D eigenvalue weighted by atomic mass is 10.2. The maximum atomic E-state index is 10.2. The molecule has 122 valence electrons. The minimum absolute atomic E-state index is 0. The molecule has 0 atom stereocenters. The molecule has 1 rings (SSSR count). The third-order valence-electron chi connectivity index (χ3n) is 1.80. The Bertz CT molecular complexity index is 352. The van der Waals surface area contributed by atoms with Gasteiger partial charge in [-0.3, -0.25) is 4.79 Å². The van der Waals surface area contributed by atoms with E-state index in [0.717, 1.165) is 0 Å². The molecule has 0 spiro atoms. The minimum atomic E-state index is -0.879. The molecular weight excluding hydrogens is 278 g/mol. The Kier molecular flexibility index (Phi) is 20.7. The molecule has 0 unspecified atom stereocenters. The molecule has 0 radical (unpaired) electrons. The first-order valence-electron chi connectivity index (χ1n) is 5.80. The van der Waals surface area contributed by atoms with Gasteiger partial charge >= 0.3 is 11.9 Å². The van der Waals surface area contributed by atoms with Crippen molar-refractivity contribution in [1.82, 2.24) is 6.15 Å². The van der Waals surface area contributed by atoms with E-state index in [2.05, 4.69) is 14.2 Å². The van der Waals surface area contributed by atoms with Crippen molar-refractivity contribution in [3.8, 4) is 0 Å². The predicted molar refractivity (Wildman–Crippen MR) is 79.9 cm³/mol. The molecule has 0 heterocycles. The van der Waals surface area contributed by atoms with Crippen LogP contribution in [0.5, 0.6) is 0 Å². The monoisotopic (exact) mass is 303 g/mol. The highest BCUT2D eigenvalue weighted by molar-refractivity contribution is 5.87. The van der Waals surface area contributed by atoms with E-state index >= 15 is 0 Å². The van der Waals surface area contributed by atoms with Gasteiger partial charge in [0.15, 0.2) is 0 Å². The van der Waals surface area contributed by atoms with Crippen molar-refractivity contribution in [3.63, 3.8) is 0 Å². The normalized spacial score (nSPS) is 8.00. The Labute approximate surface area is 125 Å². The molecular formula is C14H25NO6. The van der Waals surface area contributed by atoms with Gasteiger partial charge in [-0.25, -0.2) is 4.79 Å². The summed E-state index contributed by atoms with van der Waals surface area (Å²) in [5.74, 6) is -1.12. The SMILES string of the molecule is COC(C)=O.COCCOC.N.O=C(O)c1ccccc1. The van der Waals surface area contributed by atoms with E-state index < -0.39 is 5.97 Å². The molecule has 0 amide bonds. The Hall–Kier alpha value is -1.96. The Morgan fingerprint density at radius 3 is 1.57 bits per heavy atom. The van der Waals surface area contributed by atoms with Crippen LogP contribution in [0.4, 0.5) is 0 Å². The Morgan fingerprint density at radius 2 is 1.38 bits per heavy atom. The van der Waals surface area contributed by atoms with Crippen LogP contribution in [-0.4, -0.2) is 51.6 Å². The maximum absolute atomic E-state index is 10.2. The van der Waals surface area contributed by atoms with Crippen LogP contribution in [0.3, 0.4) is 0 Å². The zero-order chi connectivity index (χ0) is 15.8. The molecule has 21 heavy (non-hydrogen) atoms. The van der Waals surface area contributed by atoms with Gasteiger partial charge in [-0.1, -0.05) is 18.2 Å². The largest absolute Gasteiger partial charge is 0.478 e. The number of carbonyl (C=O) groups excluding carboxylic acids is 1. The van der Waals surface area contributed by atoms with Crippen molar-refractivity contribution < 1.29 is 28.9 Å². The van der Waals surface area contributed by atoms with E-state index in [4.69, 9.17) is 5.11 Å². The lowest BCUT2D eigenvalue weighted by molar-refractivity contribution is -0.137. The van der Waals surface area contributed by atoms with Gasteiger partial charge < -0.3 is 25.5 Å². The number of hydrogen-bond acceptors (Lipinski definition) is 6. The number of rotatable bonds is 4. The fourth-order valence-electron chi connectivity index (χ4n) is 0.747. The molecule has 7 heteroatoms. The van der Waals surface area contributed by atoms with Crippen LogP contribution in [0.2, 0.25) is 0 Å². The minimum Gasteiger partial charge on any atom is -0.478 e. The number of esters is 1. The van der Waals surface area contributed by atoms with Crippen LogP contribution in [-0.2, 0) is 19.0 Å². The molecule has 0 bridgehead atoms. The van der Waals surface area contributed by atoms with Crippen molar-refractivity contribution in [2.24, 2.45) is 0 Å². The molecule has 0 saturated carbocycles. The Morgan fingerprint density at radius 1 is 1.00 bits per heavy atom. The van der Waals surface area contributed by atoms with Crippen molar-refractivity contribution in [3.05, 3.63) is 35.9 Å². The number of carboxylic acid groups (broad SMARTS) is 1. The second-order valence-corrected chi connectivity index (χ2v) is 3.35. The average Bonchev–Trinajstić information content (AvgIpc) is 2.47. The zero-order valence-corrected chi connectivity index (χ0v) is 13.0. The first-order valence-corrected chi connectivity index (χ1v) is 5.80. The standard InChI is InChI=1S/C7H6O2.C4H10O2.C3H6O2.H3N/c8-7(9)6-4-2-1-3-5-6;1-5-3-4-6-2;1-3(4)5-2;/h1-5H,(H,8,9);3-4H2,1-2H3;1-2H3;1H3. The van der Waals surface area contributed by atoms with Crippen molar-refractivity contribution in [1.29, 1.82) is 0 Å². The van der Waals surface area contributed by atoms with Gasteiger partial charge in [-0.2, -0.15) is 0 Å². The summed E-state index contributed by atoms with van der Waals surface area (Å²) in [6.45, 7) is 2.74. The number of aromatic carboxylic acids is 1. The van der Waals surface area contributed by atoms with Gasteiger partial charge in [-0.15, -0.1) is 0 Å². The van der Waals surface area contributed by atoms with E-state index in [-0.39, 0.29) is 12.1 Å². The summed E-state index contributed by atoms with van der Waals surface area (Å²) in [5, 5.41) is 8.38. The highest BCUT2D eigenvalue weighted by Gasteiger charge is 1.96. The summed E-state index contributed by atoms with van der Waals surface area (Å²) in [7, 11) is 4.65. The summed E-state index contributed by atoms with van der Waals surface area (Å²) in [4.78, 5) is 19.8. The first kappa shape index (κ1) is 24.1. The summed E-state index contributed by atoms with van der Waals surface area (Å²) >= 11 is 0. The fraction of sp³-hybridized carbons (Fsp3) is 0.429. The van der Waals surface area contributed by atoms with E-state index in [9.17, 15) is 9.59 Å². The second-order valence-electron chi connectivity index (χ2n) is 3.35. The smallest absolute Gasteiger partial charge is 0.335 e. The van der Waals surface area contributed by atoms with E-state index in [1.807, 2.05) is 0 Å². The van der Waals surface area contributed by atoms with Gasteiger partial charge in [-0.05, 0) is 12.1 Å². The third-order valence-corrected chi connectivity index (χ3v) is 1.80. The number of hydrogen-bond donors (Lipinski definition) is 2. The van der Waals surface area contributed by atoms with Gasteiger partial charge in [0.1, 0.15) is 0 Å². The highest BCUT2D eigenvalue weighted by Crippen LogP contribution is 1.96. The van der Waals surface area contributed by atoms with Gasteiger partial charge in [0, 0.05) is 21.1 Å². The number of methoxy groups -OCH3 is 3. The summed E-state index contributed by atoms with van der Waals surface area (Å²) in [6, 6.07) is 8.30. The highest BCUT2D eigenvalue weighted by atomic mass is 16.5. The topological polar surface area (TPSA) is 117 Å². The average molecular weight is 303 g/mol. The molecule has 4 N–H and O–H groups in total. The third kappa shape index (κ3) is 20.5. The van der Waals surface area contributed by atoms with Gasteiger partial charge in [0.2, 0.25) is 0 Å². The van der Waals surface area contributed by atoms with E-state index in [1.165, 1.54) is 14.0 Å². The van der Waals surface area contributed by atoms with E-state index in [1.54, 1.807) is 44.6 Å². The lowest BCUT2D eigenvalue weighted by Gasteiger charge is -1.91. The maximum Gasteiger partial charge on any atom is 0.335 e. The van der Waals surface area contributed by atoms with Crippen LogP contribution in [0.15, 0.2) is 30.3 Å². The van der Waals surface area contributed by atoms with Gasteiger partial charge in [0.05, 0.1) is 25.9 Å². The van der Waals surface area contributed by atoms with E-state index in [0.29, 0.717) is 18.8 Å². The predicted octanol–water partition coefficient (Wildman–Crippen LogP) is 2.01. The summed E-state index contributed by atoms with van der Waals surface area (Å²) < 4.78 is 13.4. The van der Waals surface area contributed by atoms with Crippen molar-refractivity contribution in [2.75, 3.05) is 34.5 Å². The number of carbonyl (C=O) groups is 2. The Balaban J connectivity index is -0.000000240. The quantitative estimate of drug-likeness (QED) is 0.645. The van der Waals surface area contributed by atoms with Crippen LogP contribution < -0.4 is 6.15 Å². The molecule has 0 aliphatic rings. The number of carboxylic acids is 1. The number of ether oxygens (including phenoxy) is 3. The van der Waals surface area contributed by atoms with Crippen molar-refractivity contribution >= 4 is 11.9 Å². The lowest BCUT2D eigenvalue weighted by Crippen LogP contribution is -1.96. The first-order chi connectivity index (χ1) is 9.49. The molecule has 0 aliphatic carbocycles. The van der Waals surface area contributed by atoms with Crippen LogP contribution in [0.25, 0.3) is 0 Å². The summed E-state index contributed by atoms with van der Waals surface area (Å²) in [5.41, 5.74) is 0.331. The zero-order valence-electron chi connectivity index (χ0n) is 13.0. The fourth-order valence-corrected chi connectivity index (χ4v) is 0.747.